The van der Waals surface area contributed by atoms with Gasteiger partial charge in [-0.3, -0.25) is 4.98 Å². The molecule has 3 aromatic rings. The molecule has 160 valence electrons. The molecule has 0 aliphatic heterocycles. The van der Waals surface area contributed by atoms with Crippen LogP contribution in [0.1, 0.15) is 50.2 Å². The first-order chi connectivity index (χ1) is 14.8. The average Bonchev–Trinajstić information content (AvgIpc) is 3.28. The first-order valence-corrected chi connectivity index (χ1v) is 11.2. The summed E-state index contributed by atoms with van der Waals surface area (Å²) in [6.07, 6.45) is 8.27. The lowest BCUT2D eigenvalue weighted by Crippen LogP contribution is -2.26. The predicted octanol–water partition coefficient (Wildman–Crippen LogP) is 4.82. The summed E-state index contributed by atoms with van der Waals surface area (Å²) < 4.78 is 0. The van der Waals surface area contributed by atoms with Crippen LogP contribution in [0.5, 0.6) is 0 Å². The minimum atomic E-state index is 0.742. The van der Waals surface area contributed by atoms with E-state index in [1.165, 1.54) is 42.8 Å². The van der Waals surface area contributed by atoms with Gasteiger partial charge >= 0.3 is 0 Å². The summed E-state index contributed by atoms with van der Waals surface area (Å²) in [5.74, 6) is 0.958. The molecule has 2 aromatic heterocycles. The molecule has 0 fully saturated rings. The molecule has 3 rings (SSSR count). The normalized spacial score (nSPS) is 11.3. The van der Waals surface area contributed by atoms with Crippen LogP contribution in [-0.4, -0.2) is 39.5 Å². The number of pyridine rings is 1. The highest BCUT2D eigenvalue weighted by atomic mass is 15.1. The second kappa shape index (κ2) is 12.3. The Bertz CT molecular complexity index is 836. The fourth-order valence-electron chi connectivity index (χ4n) is 3.74. The monoisotopic (exact) mass is 405 g/mol. The lowest BCUT2D eigenvalue weighted by Gasteiger charge is -2.20. The summed E-state index contributed by atoms with van der Waals surface area (Å²) in [6.45, 7) is 9.64. The van der Waals surface area contributed by atoms with Gasteiger partial charge in [0.1, 0.15) is 5.82 Å². The number of rotatable bonds is 13. The lowest BCUT2D eigenvalue weighted by atomic mass is 10.1. The highest BCUT2D eigenvalue weighted by molar-refractivity contribution is 5.59. The molecule has 0 aliphatic carbocycles. The smallest absolute Gasteiger partial charge is 0.120 e. The second-order valence-corrected chi connectivity index (χ2v) is 7.80. The standard InChI is InChI=1S/C25H35N5/c1-3-16-30(17-4-2)18-6-8-23-7-5-9-24(29-23)22-12-10-21(11-13-22)19-26-20-25-27-14-15-28-25/h5,7,9-15,26H,3-4,6,8,16-20H2,1-2H3,(H,27,28). The SMILES string of the molecule is CCCN(CCC)CCCc1cccc(-c2ccc(CNCc3ncc[nH]3)cc2)n1. The quantitative estimate of drug-likeness (QED) is 0.428. The van der Waals surface area contributed by atoms with Crippen molar-refractivity contribution in [2.75, 3.05) is 19.6 Å². The van der Waals surface area contributed by atoms with Crippen molar-refractivity contribution < 1.29 is 0 Å². The number of aromatic nitrogens is 3. The van der Waals surface area contributed by atoms with Crippen LogP contribution in [0, 0.1) is 0 Å². The largest absolute Gasteiger partial charge is 0.348 e. The van der Waals surface area contributed by atoms with Gasteiger partial charge in [-0.15, -0.1) is 0 Å². The number of hydrogen-bond acceptors (Lipinski definition) is 4. The van der Waals surface area contributed by atoms with E-state index in [4.69, 9.17) is 4.98 Å². The molecule has 0 aliphatic rings. The fourth-order valence-corrected chi connectivity index (χ4v) is 3.74. The van der Waals surface area contributed by atoms with Crippen molar-refractivity contribution in [3.05, 3.63) is 71.9 Å². The second-order valence-electron chi connectivity index (χ2n) is 7.80. The van der Waals surface area contributed by atoms with E-state index in [2.05, 4.69) is 76.5 Å². The molecule has 30 heavy (non-hydrogen) atoms. The summed E-state index contributed by atoms with van der Waals surface area (Å²) in [4.78, 5) is 14.8. The van der Waals surface area contributed by atoms with Gasteiger partial charge in [-0.1, -0.05) is 44.2 Å². The Morgan fingerprint density at radius 2 is 1.73 bits per heavy atom. The van der Waals surface area contributed by atoms with Crippen molar-refractivity contribution >= 4 is 0 Å². The molecule has 5 heteroatoms. The zero-order valence-electron chi connectivity index (χ0n) is 18.4. The molecule has 0 saturated carbocycles. The van der Waals surface area contributed by atoms with E-state index in [0.29, 0.717) is 0 Å². The fraction of sp³-hybridized carbons (Fsp3) is 0.440. The van der Waals surface area contributed by atoms with Crippen LogP contribution in [0.3, 0.4) is 0 Å². The summed E-state index contributed by atoms with van der Waals surface area (Å²) >= 11 is 0. The van der Waals surface area contributed by atoms with Crippen molar-refractivity contribution in [2.24, 2.45) is 0 Å². The number of aromatic amines is 1. The van der Waals surface area contributed by atoms with Gasteiger partial charge in [-0.05, 0) is 63.0 Å². The maximum absolute atomic E-state index is 4.91. The van der Waals surface area contributed by atoms with Crippen LogP contribution >= 0.6 is 0 Å². The van der Waals surface area contributed by atoms with Crippen molar-refractivity contribution in [1.82, 2.24) is 25.2 Å². The summed E-state index contributed by atoms with van der Waals surface area (Å²) in [5.41, 5.74) is 4.67. The van der Waals surface area contributed by atoms with Gasteiger partial charge in [0.25, 0.3) is 0 Å². The Morgan fingerprint density at radius 1 is 0.933 bits per heavy atom. The third kappa shape index (κ3) is 7.08. The van der Waals surface area contributed by atoms with Crippen LogP contribution in [0.2, 0.25) is 0 Å². The molecule has 0 spiro atoms. The molecule has 5 nitrogen and oxygen atoms in total. The maximum atomic E-state index is 4.91. The molecule has 0 bridgehead atoms. The van der Waals surface area contributed by atoms with Gasteiger partial charge in [0.2, 0.25) is 0 Å². The lowest BCUT2D eigenvalue weighted by molar-refractivity contribution is 0.271. The first-order valence-electron chi connectivity index (χ1n) is 11.2. The van der Waals surface area contributed by atoms with Crippen LogP contribution in [0.15, 0.2) is 54.9 Å². The predicted molar refractivity (Wildman–Crippen MR) is 124 cm³/mol. The molecule has 0 saturated heterocycles. The molecule has 0 radical (unpaired) electrons. The van der Waals surface area contributed by atoms with Crippen LogP contribution in [0.25, 0.3) is 11.3 Å². The van der Waals surface area contributed by atoms with E-state index >= 15 is 0 Å². The zero-order chi connectivity index (χ0) is 21.0. The molecule has 0 unspecified atom stereocenters. The van der Waals surface area contributed by atoms with Gasteiger partial charge in [0, 0.05) is 30.2 Å². The topological polar surface area (TPSA) is 56.8 Å². The van der Waals surface area contributed by atoms with Gasteiger partial charge in [0.05, 0.1) is 12.2 Å². The number of benzene rings is 1. The number of H-pyrrole nitrogens is 1. The molecule has 0 amide bonds. The Kier molecular flexibility index (Phi) is 9.06. The van der Waals surface area contributed by atoms with Crippen LogP contribution < -0.4 is 5.32 Å². The Morgan fingerprint density at radius 3 is 2.43 bits per heavy atom. The Labute approximate surface area is 181 Å². The Balaban J connectivity index is 1.50. The third-order valence-electron chi connectivity index (χ3n) is 5.22. The first kappa shape index (κ1) is 22.2. The minimum Gasteiger partial charge on any atom is -0.348 e. The molecular formula is C25H35N5. The summed E-state index contributed by atoms with van der Waals surface area (Å²) in [7, 11) is 0. The number of nitrogens with zero attached hydrogens (tertiary/aromatic N) is 3. The molecule has 2 heterocycles. The van der Waals surface area contributed by atoms with Gasteiger partial charge in [0.15, 0.2) is 0 Å². The van der Waals surface area contributed by atoms with Crippen molar-refractivity contribution in [3.8, 4) is 11.3 Å². The molecule has 2 N–H and O–H groups in total. The van der Waals surface area contributed by atoms with E-state index in [9.17, 15) is 0 Å². The van der Waals surface area contributed by atoms with Crippen molar-refractivity contribution in [3.63, 3.8) is 0 Å². The summed E-state index contributed by atoms with van der Waals surface area (Å²) in [5, 5.41) is 3.41. The van der Waals surface area contributed by atoms with E-state index in [0.717, 1.165) is 44.0 Å². The number of aryl methyl sites for hydroxylation is 1. The molecule has 0 atom stereocenters. The number of imidazole rings is 1. The summed E-state index contributed by atoms with van der Waals surface area (Å²) in [6, 6.07) is 15.1. The zero-order valence-corrected chi connectivity index (χ0v) is 18.4. The number of hydrogen-bond donors (Lipinski definition) is 2. The van der Waals surface area contributed by atoms with Crippen molar-refractivity contribution in [2.45, 2.75) is 52.6 Å². The van der Waals surface area contributed by atoms with Gasteiger partial charge in [-0.2, -0.15) is 0 Å². The molecular weight excluding hydrogens is 370 g/mol. The highest BCUT2D eigenvalue weighted by Crippen LogP contribution is 2.18. The minimum absolute atomic E-state index is 0.742. The van der Waals surface area contributed by atoms with Gasteiger partial charge < -0.3 is 15.2 Å². The van der Waals surface area contributed by atoms with E-state index in [1.807, 2.05) is 6.20 Å². The highest BCUT2D eigenvalue weighted by Gasteiger charge is 2.05. The van der Waals surface area contributed by atoms with E-state index in [1.54, 1.807) is 6.20 Å². The van der Waals surface area contributed by atoms with Crippen LogP contribution in [0.4, 0.5) is 0 Å². The van der Waals surface area contributed by atoms with Crippen LogP contribution in [-0.2, 0) is 19.5 Å². The Hall–Kier alpha value is -2.50. The number of nitrogens with one attached hydrogen (secondary N) is 2. The van der Waals surface area contributed by atoms with Gasteiger partial charge in [-0.25, -0.2) is 4.98 Å². The van der Waals surface area contributed by atoms with Crippen molar-refractivity contribution in [1.29, 1.82) is 0 Å². The molecule has 1 aromatic carbocycles. The van der Waals surface area contributed by atoms with E-state index in [-0.39, 0.29) is 0 Å². The third-order valence-corrected chi connectivity index (χ3v) is 5.22. The maximum Gasteiger partial charge on any atom is 0.120 e. The van der Waals surface area contributed by atoms with E-state index < -0.39 is 0 Å². The average molecular weight is 406 g/mol.